The van der Waals surface area contributed by atoms with Crippen LogP contribution in [0, 0.1) is 6.92 Å². The molecule has 0 atom stereocenters. The van der Waals surface area contributed by atoms with E-state index in [0.717, 1.165) is 39.2 Å². The molecular weight excluding hydrogens is 378 g/mol. The van der Waals surface area contributed by atoms with Gasteiger partial charge in [0.1, 0.15) is 11.5 Å². The van der Waals surface area contributed by atoms with Crippen molar-refractivity contribution in [1.29, 1.82) is 0 Å². The molecule has 2 aromatic heterocycles. The van der Waals surface area contributed by atoms with Gasteiger partial charge in [0.2, 0.25) is 0 Å². The third kappa shape index (κ3) is 4.04. The van der Waals surface area contributed by atoms with E-state index in [9.17, 15) is 0 Å². The summed E-state index contributed by atoms with van der Waals surface area (Å²) in [5, 5.41) is 5.63. The average Bonchev–Trinajstić information content (AvgIpc) is 3.09. The minimum absolute atomic E-state index is 0.683. The summed E-state index contributed by atoms with van der Waals surface area (Å²) in [5.41, 5.74) is 4.59. The highest BCUT2D eigenvalue weighted by molar-refractivity contribution is 7.98. The van der Waals surface area contributed by atoms with Gasteiger partial charge in [-0.05, 0) is 30.7 Å². The molecule has 0 N–H and O–H groups in total. The Labute approximate surface area is 166 Å². The topological polar surface area (TPSA) is 51.8 Å². The zero-order valence-corrected chi connectivity index (χ0v) is 16.2. The number of halogens is 1. The fraction of sp³-hybridized carbons (Fsp3) is 0.0952. The van der Waals surface area contributed by atoms with Gasteiger partial charge in [0, 0.05) is 22.5 Å². The zero-order valence-electron chi connectivity index (χ0n) is 14.6. The van der Waals surface area contributed by atoms with Crippen LogP contribution in [0.5, 0.6) is 0 Å². The Kier molecular flexibility index (Phi) is 5.23. The summed E-state index contributed by atoms with van der Waals surface area (Å²) in [4.78, 5) is 9.11. The van der Waals surface area contributed by atoms with Gasteiger partial charge in [-0.3, -0.25) is 0 Å². The lowest BCUT2D eigenvalue weighted by atomic mass is 10.0. The van der Waals surface area contributed by atoms with E-state index < -0.39 is 0 Å². The van der Waals surface area contributed by atoms with Crippen LogP contribution in [0.1, 0.15) is 11.3 Å². The van der Waals surface area contributed by atoms with Crippen LogP contribution < -0.4 is 0 Å². The highest BCUT2D eigenvalue weighted by atomic mass is 35.5. The second-order valence-electron chi connectivity index (χ2n) is 5.97. The molecular formula is C21H16ClN3OS. The molecule has 134 valence electrons. The minimum Gasteiger partial charge on any atom is -0.360 e. The molecule has 0 amide bonds. The fourth-order valence-electron chi connectivity index (χ4n) is 2.75. The van der Waals surface area contributed by atoms with Gasteiger partial charge in [-0.2, -0.15) is 0 Å². The van der Waals surface area contributed by atoms with Crippen LogP contribution in [-0.2, 0) is 5.75 Å². The molecule has 0 radical (unpaired) electrons. The lowest BCUT2D eigenvalue weighted by Crippen LogP contribution is -1.92. The van der Waals surface area contributed by atoms with Crippen LogP contribution in [-0.4, -0.2) is 15.1 Å². The molecule has 2 heterocycles. The SMILES string of the molecule is Cc1onc(-c2ccc(Cl)cc2)c1-c1ccnc(SCc2ccccc2)n1. The first kappa shape index (κ1) is 17.8. The van der Waals surface area contributed by atoms with Crippen molar-refractivity contribution in [2.45, 2.75) is 17.8 Å². The Morgan fingerprint density at radius 1 is 1.00 bits per heavy atom. The van der Waals surface area contributed by atoms with E-state index in [1.54, 1.807) is 18.0 Å². The maximum Gasteiger partial charge on any atom is 0.188 e. The summed E-state index contributed by atoms with van der Waals surface area (Å²) in [6, 6.07) is 19.7. The first-order chi connectivity index (χ1) is 13.2. The third-order valence-electron chi connectivity index (χ3n) is 4.08. The summed E-state index contributed by atoms with van der Waals surface area (Å²) in [6.45, 7) is 1.89. The van der Waals surface area contributed by atoms with Crippen molar-refractivity contribution >= 4 is 23.4 Å². The van der Waals surface area contributed by atoms with Crippen molar-refractivity contribution in [3.63, 3.8) is 0 Å². The van der Waals surface area contributed by atoms with E-state index in [2.05, 4.69) is 22.3 Å². The second kappa shape index (κ2) is 7.94. The van der Waals surface area contributed by atoms with Crippen LogP contribution in [0.25, 0.3) is 22.5 Å². The van der Waals surface area contributed by atoms with Crippen molar-refractivity contribution in [3.8, 4) is 22.5 Å². The van der Waals surface area contributed by atoms with Crippen LogP contribution in [0.2, 0.25) is 5.02 Å². The van der Waals surface area contributed by atoms with Gasteiger partial charge < -0.3 is 4.52 Å². The number of benzene rings is 2. The fourth-order valence-corrected chi connectivity index (χ4v) is 3.66. The highest BCUT2D eigenvalue weighted by Crippen LogP contribution is 2.34. The molecule has 4 aromatic rings. The van der Waals surface area contributed by atoms with Crippen LogP contribution in [0.15, 0.2) is 76.5 Å². The van der Waals surface area contributed by atoms with E-state index in [1.165, 1.54) is 5.56 Å². The Balaban J connectivity index is 1.64. The molecule has 4 rings (SSSR count). The molecule has 2 aromatic carbocycles. The Bertz CT molecular complexity index is 1050. The Morgan fingerprint density at radius 3 is 2.56 bits per heavy atom. The summed E-state index contributed by atoms with van der Waals surface area (Å²) in [7, 11) is 0. The summed E-state index contributed by atoms with van der Waals surface area (Å²) in [5.74, 6) is 1.54. The quantitative estimate of drug-likeness (QED) is 0.305. The molecule has 0 bridgehead atoms. The molecule has 0 saturated carbocycles. The molecule has 0 saturated heterocycles. The molecule has 0 aliphatic carbocycles. The predicted octanol–water partition coefficient (Wildman–Crippen LogP) is 6.05. The molecule has 0 spiro atoms. The molecule has 27 heavy (non-hydrogen) atoms. The summed E-state index contributed by atoms with van der Waals surface area (Å²) in [6.07, 6.45) is 1.77. The van der Waals surface area contributed by atoms with Crippen LogP contribution in [0.3, 0.4) is 0 Å². The Hall–Kier alpha value is -2.63. The van der Waals surface area contributed by atoms with Crippen molar-refractivity contribution < 1.29 is 4.52 Å². The van der Waals surface area contributed by atoms with Gasteiger partial charge in [0.25, 0.3) is 0 Å². The number of hydrogen-bond acceptors (Lipinski definition) is 5. The van der Waals surface area contributed by atoms with Crippen molar-refractivity contribution in [1.82, 2.24) is 15.1 Å². The van der Waals surface area contributed by atoms with Gasteiger partial charge in [-0.1, -0.05) is 71.0 Å². The molecule has 0 unspecified atom stereocenters. The van der Waals surface area contributed by atoms with Gasteiger partial charge >= 0.3 is 0 Å². The lowest BCUT2D eigenvalue weighted by molar-refractivity contribution is 0.400. The number of hydrogen-bond donors (Lipinski definition) is 0. The first-order valence-electron chi connectivity index (χ1n) is 8.43. The molecule has 0 aliphatic heterocycles. The minimum atomic E-state index is 0.683. The number of nitrogens with zero attached hydrogens (tertiary/aromatic N) is 3. The third-order valence-corrected chi connectivity index (χ3v) is 5.27. The van der Waals surface area contributed by atoms with E-state index in [1.807, 2.05) is 55.5 Å². The lowest BCUT2D eigenvalue weighted by Gasteiger charge is -2.05. The maximum absolute atomic E-state index is 6.00. The Morgan fingerprint density at radius 2 is 1.78 bits per heavy atom. The predicted molar refractivity (Wildman–Crippen MR) is 109 cm³/mol. The van der Waals surface area contributed by atoms with Crippen molar-refractivity contribution in [2.75, 3.05) is 0 Å². The van der Waals surface area contributed by atoms with Crippen LogP contribution >= 0.6 is 23.4 Å². The number of aromatic nitrogens is 3. The summed E-state index contributed by atoms with van der Waals surface area (Å²) >= 11 is 7.60. The van der Waals surface area contributed by atoms with E-state index in [4.69, 9.17) is 21.1 Å². The largest absolute Gasteiger partial charge is 0.360 e. The molecule has 0 aliphatic rings. The molecule has 0 fully saturated rings. The summed E-state index contributed by atoms with van der Waals surface area (Å²) < 4.78 is 5.45. The zero-order chi connectivity index (χ0) is 18.6. The standard InChI is InChI=1S/C21H16ClN3OS/c1-14-19(20(25-26-14)16-7-9-17(22)10-8-16)18-11-12-23-21(24-18)27-13-15-5-3-2-4-6-15/h2-12H,13H2,1H3. The maximum atomic E-state index is 6.00. The number of aryl methyl sites for hydroxylation is 1. The van der Waals surface area contributed by atoms with E-state index in [0.29, 0.717) is 5.02 Å². The van der Waals surface area contributed by atoms with E-state index in [-0.39, 0.29) is 0 Å². The van der Waals surface area contributed by atoms with Gasteiger partial charge in [0.05, 0.1) is 11.3 Å². The first-order valence-corrected chi connectivity index (χ1v) is 9.79. The van der Waals surface area contributed by atoms with Gasteiger partial charge in [-0.25, -0.2) is 9.97 Å². The monoisotopic (exact) mass is 393 g/mol. The number of thioether (sulfide) groups is 1. The normalized spacial score (nSPS) is 10.9. The molecule has 4 nitrogen and oxygen atoms in total. The number of rotatable bonds is 5. The van der Waals surface area contributed by atoms with Crippen molar-refractivity contribution in [3.05, 3.63) is 83.2 Å². The van der Waals surface area contributed by atoms with Gasteiger partial charge in [-0.15, -0.1) is 0 Å². The smallest absolute Gasteiger partial charge is 0.188 e. The van der Waals surface area contributed by atoms with E-state index >= 15 is 0 Å². The van der Waals surface area contributed by atoms with Crippen LogP contribution in [0.4, 0.5) is 0 Å². The average molecular weight is 394 g/mol. The highest BCUT2D eigenvalue weighted by Gasteiger charge is 2.18. The molecule has 6 heteroatoms. The van der Waals surface area contributed by atoms with Crippen molar-refractivity contribution in [2.24, 2.45) is 0 Å². The van der Waals surface area contributed by atoms with Gasteiger partial charge in [0.15, 0.2) is 5.16 Å². The second-order valence-corrected chi connectivity index (χ2v) is 7.35.